The van der Waals surface area contributed by atoms with Crippen molar-refractivity contribution in [2.45, 2.75) is 24.1 Å². The highest BCUT2D eigenvalue weighted by Gasteiger charge is 2.56. The van der Waals surface area contributed by atoms with Gasteiger partial charge in [0.25, 0.3) is 0 Å². The summed E-state index contributed by atoms with van der Waals surface area (Å²) in [5, 5.41) is 5.46. The van der Waals surface area contributed by atoms with E-state index in [9.17, 15) is 9.59 Å². The summed E-state index contributed by atoms with van der Waals surface area (Å²) in [7, 11) is 0. The molecule has 19 heavy (non-hydrogen) atoms. The quantitative estimate of drug-likeness (QED) is 0.839. The lowest BCUT2D eigenvalue weighted by Gasteiger charge is -2.07. The lowest BCUT2D eigenvalue weighted by atomic mass is 10.2. The normalized spacial score (nSPS) is 19.6. The smallest absolute Gasteiger partial charge is 0.230 e. The average molecular weight is 301 g/mol. The summed E-state index contributed by atoms with van der Waals surface area (Å²) in [5.74, 6) is -0.588. The maximum Gasteiger partial charge on any atom is 0.230 e. The van der Waals surface area contributed by atoms with E-state index >= 15 is 0 Å². The first-order chi connectivity index (χ1) is 8.92. The number of hydrogen-bond donors (Lipinski definition) is 2. The predicted molar refractivity (Wildman–Crippen MR) is 76.5 cm³/mol. The third kappa shape index (κ3) is 3.61. The van der Waals surface area contributed by atoms with Crippen molar-refractivity contribution in [3.05, 3.63) is 24.3 Å². The summed E-state index contributed by atoms with van der Waals surface area (Å²) in [5.41, 5.74) is 1.34. The van der Waals surface area contributed by atoms with Crippen LogP contribution in [0.1, 0.15) is 19.8 Å². The van der Waals surface area contributed by atoms with Crippen LogP contribution in [-0.4, -0.2) is 16.1 Å². The van der Waals surface area contributed by atoms with Gasteiger partial charge < -0.3 is 10.6 Å². The molecule has 1 aliphatic carbocycles. The fourth-order valence-electron chi connectivity index (χ4n) is 1.61. The van der Waals surface area contributed by atoms with Crippen molar-refractivity contribution in [1.29, 1.82) is 0 Å². The summed E-state index contributed by atoms with van der Waals surface area (Å²) >= 11 is 11.6. The molecule has 2 N–H and O–H groups in total. The van der Waals surface area contributed by atoms with Crippen molar-refractivity contribution >= 4 is 46.4 Å². The first-order valence-electron chi connectivity index (χ1n) is 6.01. The van der Waals surface area contributed by atoms with E-state index in [2.05, 4.69) is 10.6 Å². The van der Waals surface area contributed by atoms with Gasteiger partial charge in [-0.05, 0) is 30.7 Å². The van der Waals surface area contributed by atoms with E-state index < -0.39 is 4.33 Å². The molecule has 102 valence electrons. The largest absolute Gasteiger partial charge is 0.326 e. The van der Waals surface area contributed by atoms with Crippen LogP contribution in [-0.2, 0) is 9.59 Å². The van der Waals surface area contributed by atoms with E-state index in [0.717, 1.165) is 0 Å². The fourth-order valence-corrected chi connectivity index (χ4v) is 2.12. The predicted octanol–water partition coefficient (Wildman–Crippen LogP) is 3.17. The van der Waals surface area contributed by atoms with Crippen molar-refractivity contribution in [2.24, 2.45) is 5.92 Å². The summed E-state index contributed by atoms with van der Waals surface area (Å²) in [4.78, 5) is 23.0. The zero-order valence-electron chi connectivity index (χ0n) is 10.4. The monoisotopic (exact) mass is 300 g/mol. The van der Waals surface area contributed by atoms with Gasteiger partial charge in [-0.25, -0.2) is 0 Å². The molecule has 0 bridgehead atoms. The Labute approximate surface area is 121 Å². The maximum atomic E-state index is 11.7. The molecule has 1 atom stereocenters. The highest BCUT2D eigenvalue weighted by Crippen LogP contribution is 2.53. The van der Waals surface area contributed by atoms with E-state index in [0.29, 0.717) is 24.2 Å². The lowest BCUT2D eigenvalue weighted by Crippen LogP contribution is -2.16. The second kappa shape index (κ2) is 5.39. The summed E-state index contributed by atoms with van der Waals surface area (Å²) in [6.07, 6.45) is 0.903. The molecular weight excluding hydrogens is 287 g/mol. The molecule has 1 aromatic carbocycles. The molecule has 1 aromatic rings. The molecule has 1 saturated carbocycles. The van der Waals surface area contributed by atoms with Gasteiger partial charge in [0.05, 0.1) is 5.92 Å². The minimum absolute atomic E-state index is 0.0520. The van der Waals surface area contributed by atoms with Gasteiger partial charge in [0.2, 0.25) is 11.8 Å². The van der Waals surface area contributed by atoms with Gasteiger partial charge in [0.15, 0.2) is 0 Å². The molecule has 1 unspecified atom stereocenters. The Balaban J connectivity index is 1.92. The van der Waals surface area contributed by atoms with Crippen LogP contribution in [0.5, 0.6) is 0 Å². The molecule has 0 aliphatic heterocycles. The Kier molecular flexibility index (Phi) is 4.02. The van der Waals surface area contributed by atoms with Gasteiger partial charge >= 0.3 is 0 Å². The first-order valence-corrected chi connectivity index (χ1v) is 6.76. The van der Waals surface area contributed by atoms with Crippen molar-refractivity contribution in [3.8, 4) is 0 Å². The molecule has 0 radical (unpaired) electrons. The van der Waals surface area contributed by atoms with Crippen LogP contribution in [0.2, 0.25) is 0 Å². The maximum absolute atomic E-state index is 11.7. The van der Waals surface area contributed by atoms with Gasteiger partial charge in [-0.3, -0.25) is 9.59 Å². The number of nitrogens with one attached hydrogen (secondary N) is 2. The van der Waals surface area contributed by atoms with Gasteiger partial charge in [-0.2, -0.15) is 0 Å². The summed E-state index contributed by atoms with van der Waals surface area (Å²) in [6.45, 7) is 1.78. The molecule has 0 saturated heterocycles. The second-order valence-corrected chi connectivity index (χ2v) is 6.03. The van der Waals surface area contributed by atoms with E-state index in [1.807, 2.05) is 0 Å². The lowest BCUT2D eigenvalue weighted by molar-refractivity contribution is -0.117. The van der Waals surface area contributed by atoms with Crippen molar-refractivity contribution in [2.75, 3.05) is 10.6 Å². The zero-order valence-corrected chi connectivity index (χ0v) is 11.9. The van der Waals surface area contributed by atoms with E-state index in [4.69, 9.17) is 23.2 Å². The molecule has 0 aromatic heterocycles. The number of anilines is 2. The minimum Gasteiger partial charge on any atom is -0.326 e. The molecule has 0 heterocycles. The van der Waals surface area contributed by atoms with E-state index in [1.165, 1.54) is 0 Å². The van der Waals surface area contributed by atoms with Gasteiger partial charge in [0.1, 0.15) is 4.33 Å². The van der Waals surface area contributed by atoms with Crippen LogP contribution in [0.3, 0.4) is 0 Å². The average Bonchev–Trinajstić information content (AvgIpc) is 3.01. The Bertz CT molecular complexity index is 500. The van der Waals surface area contributed by atoms with Crippen LogP contribution in [0.4, 0.5) is 11.4 Å². The number of benzene rings is 1. The Morgan fingerprint density at radius 3 is 2.11 bits per heavy atom. The first kappa shape index (κ1) is 14.2. The summed E-state index contributed by atoms with van der Waals surface area (Å²) in [6, 6.07) is 6.89. The molecule has 2 amide bonds. The Hall–Kier alpha value is -1.26. The summed E-state index contributed by atoms with van der Waals surface area (Å²) < 4.78 is -0.918. The van der Waals surface area contributed by atoms with Gasteiger partial charge in [0, 0.05) is 17.8 Å². The van der Waals surface area contributed by atoms with Crippen molar-refractivity contribution in [1.82, 2.24) is 0 Å². The molecule has 0 spiro atoms. The van der Waals surface area contributed by atoms with Crippen LogP contribution in [0.15, 0.2) is 24.3 Å². The number of alkyl halides is 2. The number of carbonyl (C=O) groups excluding carboxylic acids is 2. The number of amides is 2. The van der Waals surface area contributed by atoms with Gasteiger partial charge in [-0.1, -0.05) is 6.92 Å². The van der Waals surface area contributed by atoms with Crippen LogP contribution in [0, 0.1) is 5.92 Å². The molecule has 4 nitrogen and oxygen atoms in total. The van der Waals surface area contributed by atoms with Crippen LogP contribution >= 0.6 is 23.2 Å². The standard InChI is InChI=1S/C13H14Cl2N2O2/c1-2-11(18)16-8-3-5-9(6-4-8)17-12(19)10-7-13(10,14)15/h3-6,10H,2,7H2,1H3,(H,16,18)(H,17,19). The highest BCUT2D eigenvalue weighted by molar-refractivity contribution is 6.52. The Morgan fingerprint density at radius 1 is 1.21 bits per heavy atom. The Morgan fingerprint density at radius 2 is 1.68 bits per heavy atom. The van der Waals surface area contributed by atoms with Crippen LogP contribution < -0.4 is 10.6 Å². The number of carbonyl (C=O) groups is 2. The minimum atomic E-state index is -0.918. The third-order valence-electron chi connectivity index (χ3n) is 2.90. The van der Waals surface area contributed by atoms with Crippen molar-refractivity contribution < 1.29 is 9.59 Å². The molecular formula is C13H14Cl2N2O2. The van der Waals surface area contributed by atoms with Crippen LogP contribution in [0.25, 0.3) is 0 Å². The number of hydrogen-bond acceptors (Lipinski definition) is 2. The molecule has 2 rings (SSSR count). The second-order valence-electron chi connectivity index (χ2n) is 4.49. The highest BCUT2D eigenvalue weighted by atomic mass is 35.5. The SMILES string of the molecule is CCC(=O)Nc1ccc(NC(=O)C2CC2(Cl)Cl)cc1. The van der Waals surface area contributed by atoms with E-state index in [-0.39, 0.29) is 17.7 Å². The molecule has 1 fully saturated rings. The molecule has 6 heteroatoms. The number of halogens is 2. The topological polar surface area (TPSA) is 58.2 Å². The zero-order chi connectivity index (χ0) is 14.0. The third-order valence-corrected chi connectivity index (χ3v) is 3.74. The number of rotatable bonds is 4. The van der Waals surface area contributed by atoms with E-state index in [1.54, 1.807) is 31.2 Å². The molecule has 1 aliphatic rings. The fraction of sp³-hybridized carbons (Fsp3) is 0.385. The van der Waals surface area contributed by atoms with Crippen molar-refractivity contribution in [3.63, 3.8) is 0 Å². The van der Waals surface area contributed by atoms with Gasteiger partial charge in [-0.15, -0.1) is 23.2 Å².